The van der Waals surface area contributed by atoms with Gasteiger partial charge in [-0.15, -0.1) is 0 Å². The van der Waals surface area contributed by atoms with Crippen molar-refractivity contribution in [3.63, 3.8) is 0 Å². The molecule has 0 heterocycles. The fourth-order valence-electron chi connectivity index (χ4n) is 1.43. The molecule has 0 spiro atoms. The molecular weight excluding hydrogens is 310 g/mol. The number of thiocarbonyl (C=S) groups is 2. The SMILES string of the molecule is CCCCNC(=S)NNC(=S)Nc1ccccc1[N+](=O)[O-]. The number of benzene rings is 1. The van der Waals surface area contributed by atoms with Crippen LogP contribution in [0.15, 0.2) is 24.3 Å². The Bertz CT molecular complexity index is 524. The third-order valence-electron chi connectivity index (χ3n) is 2.45. The zero-order valence-corrected chi connectivity index (χ0v) is 13.1. The van der Waals surface area contributed by atoms with E-state index in [4.69, 9.17) is 24.4 Å². The lowest BCUT2D eigenvalue weighted by Gasteiger charge is -2.14. The fourth-order valence-corrected chi connectivity index (χ4v) is 1.74. The van der Waals surface area contributed by atoms with Crippen LogP contribution in [0.25, 0.3) is 0 Å². The normalized spacial score (nSPS) is 9.57. The van der Waals surface area contributed by atoms with Crippen molar-refractivity contribution in [2.45, 2.75) is 19.8 Å². The van der Waals surface area contributed by atoms with Crippen molar-refractivity contribution in [3.8, 4) is 0 Å². The number of rotatable bonds is 5. The molecule has 0 aliphatic carbocycles. The minimum atomic E-state index is -0.477. The summed E-state index contributed by atoms with van der Waals surface area (Å²) in [5.41, 5.74) is 5.64. The van der Waals surface area contributed by atoms with Crippen LogP contribution in [0.1, 0.15) is 19.8 Å². The minimum Gasteiger partial charge on any atom is -0.361 e. The molecule has 21 heavy (non-hydrogen) atoms. The Balaban J connectivity index is 2.44. The molecule has 1 rings (SSSR count). The van der Waals surface area contributed by atoms with Crippen LogP contribution in [0.5, 0.6) is 0 Å². The molecule has 0 saturated heterocycles. The summed E-state index contributed by atoms with van der Waals surface area (Å²) < 4.78 is 0. The summed E-state index contributed by atoms with van der Waals surface area (Å²) in [4.78, 5) is 10.4. The summed E-state index contributed by atoms with van der Waals surface area (Å²) in [6.07, 6.45) is 2.08. The lowest BCUT2D eigenvalue weighted by molar-refractivity contribution is -0.383. The summed E-state index contributed by atoms with van der Waals surface area (Å²) in [6.45, 7) is 2.86. The Kier molecular flexibility index (Phi) is 7.33. The van der Waals surface area contributed by atoms with Gasteiger partial charge in [-0.2, -0.15) is 0 Å². The first-order chi connectivity index (χ1) is 10.0. The Morgan fingerprint density at radius 3 is 2.57 bits per heavy atom. The van der Waals surface area contributed by atoms with Crippen molar-refractivity contribution in [1.82, 2.24) is 16.2 Å². The molecule has 1 aromatic carbocycles. The quantitative estimate of drug-likeness (QED) is 0.283. The Labute approximate surface area is 133 Å². The predicted molar refractivity (Wildman–Crippen MR) is 91.1 cm³/mol. The number of nitro benzene ring substituents is 1. The summed E-state index contributed by atoms with van der Waals surface area (Å²) in [6, 6.07) is 6.24. The molecule has 0 atom stereocenters. The van der Waals surface area contributed by atoms with Gasteiger partial charge in [-0.05, 0) is 36.9 Å². The van der Waals surface area contributed by atoms with E-state index in [-0.39, 0.29) is 10.8 Å². The molecule has 0 saturated carbocycles. The number of unbranched alkanes of at least 4 members (excludes halogenated alkanes) is 1. The maximum Gasteiger partial charge on any atom is 0.292 e. The Morgan fingerprint density at radius 1 is 1.24 bits per heavy atom. The van der Waals surface area contributed by atoms with Crippen molar-refractivity contribution in [1.29, 1.82) is 0 Å². The van der Waals surface area contributed by atoms with E-state index < -0.39 is 4.92 Å². The zero-order chi connectivity index (χ0) is 15.7. The molecule has 0 amide bonds. The number of hydrogen-bond acceptors (Lipinski definition) is 4. The van der Waals surface area contributed by atoms with Gasteiger partial charge in [0.1, 0.15) is 5.69 Å². The van der Waals surface area contributed by atoms with Crippen LogP contribution in [0.3, 0.4) is 0 Å². The second-order valence-corrected chi connectivity index (χ2v) is 4.90. The third kappa shape index (κ3) is 6.32. The van der Waals surface area contributed by atoms with E-state index >= 15 is 0 Å². The van der Waals surface area contributed by atoms with E-state index in [0.717, 1.165) is 19.4 Å². The van der Waals surface area contributed by atoms with E-state index in [2.05, 4.69) is 28.4 Å². The topological polar surface area (TPSA) is 91.3 Å². The van der Waals surface area contributed by atoms with Crippen molar-refractivity contribution < 1.29 is 4.92 Å². The molecule has 114 valence electrons. The zero-order valence-electron chi connectivity index (χ0n) is 11.5. The summed E-state index contributed by atoms with van der Waals surface area (Å²) in [7, 11) is 0. The van der Waals surface area contributed by atoms with Crippen LogP contribution in [0.4, 0.5) is 11.4 Å². The summed E-state index contributed by atoms with van der Waals surface area (Å²) in [5.74, 6) is 0. The molecule has 0 unspecified atom stereocenters. The molecule has 0 bridgehead atoms. The highest BCUT2D eigenvalue weighted by molar-refractivity contribution is 7.80. The summed E-state index contributed by atoms with van der Waals surface area (Å²) >= 11 is 10.1. The number of hydrogen-bond donors (Lipinski definition) is 4. The molecule has 4 N–H and O–H groups in total. The molecule has 0 aliphatic heterocycles. The second-order valence-electron chi connectivity index (χ2n) is 4.09. The van der Waals surface area contributed by atoms with Crippen molar-refractivity contribution in [2.24, 2.45) is 0 Å². The minimum absolute atomic E-state index is 0.0507. The molecule has 0 fully saturated rings. The number of nitro groups is 1. The van der Waals surface area contributed by atoms with Gasteiger partial charge in [-0.25, -0.2) is 0 Å². The van der Waals surface area contributed by atoms with Crippen LogP contribution < -0.4 is 21.5 Å². The molecule has 1 aromatic rings. The number of nitrogens with one attached hydrogen (secondary N) is 4. The largest absolute Gasteiger partial charge is 0.361 e. The Morgan fingerprint density at radius 2 is 1.90 bits per heavy atom. The van der Waals surface area contributed by atoms with Gasteiger partial charge in [0.25, 0.3) is 5.69 Å². The average Bonchev–Trinajstić information content (AvgIpc) is 2.46. The van der Waals surface area contributed by atoms with Crippen molar-refractivity contribution in [2.75, 3.05) is 11.9 Å². The van der Waals surface area contributed by atoms with E-state index in [1.165, 1.54) is 6.07 Å². The smallest absolute Gasteiger partial charge is 0.292 e. The van der Waals surface area contributed by atoms with Crippen LogP contribution in [-0.2, 0) is 0 Å². The van der Waals surface area contributed by atoms with Gasteiger partial charge in [0, 0.05) is 12.6 Å². The fraction of sp³-hybridized carbons (Fsp3) is 0.333. The molecular formula is C12H17N5O2S2. The number of para-hydroxylation sites is 2. The van der Waals surface area contributed by atoms with Crippen LogP contribution in [0, 0.1) is 10.1 Å². The summed E-state index contributed by atoms with van der Waals surface area (Å²) in [5, 5.41) is 17.2. The van der Waals surface area contributed by atoms with E-state index in [1.807, 2.05) is 0 Å². The predicted octanol–water partition coefficient (Wildman–Crippen LogP) is 2.06. The monoisotopic (exact) mass is 327 g/mol. The van der Waals surface area contributed by atoms with Crippen molar-refractivity contribution in [3.05, 3.63) is 34.4 Å². The first kappa shape index (κ1) is 17.1. The highest BCUT2D eigenvalue weighted by Gasteiger charge is 2.12. The number of nitrogens with zero attached hydrogens (tertiary/aromatic N) is 1. The third-order valence-corrected chi connectivity index (χ3v) is 2.90. The van der Waals surface area contributed by atoms with Gasteiger partial charge in [0.2, 0.25) is 0 Å². The average molecular weight is 327 g/mol. The lowest BCUT2D eigenvalue weighted by Crippen LogP contribution is -2.48. The van der Waals surface area contributed by atoms with Gasteiger partial charge in [-0.1, -0.05) is 25.5 Å². The van der Waals surface area contributed by atoms with Gasteiger partial charge in [-0.3, -0.25) is 21.0 Å². The second kappa shape index (κ2) is 9.03. The molecule has 0 aliphatic rings. The van der Waals surface area contributed by atoms with E-state index in [0.29, 0.717) is 10.8 Å². The molecule has 0 radical (unpaired) electrons. The van der Waals surface area contributed by atoms with Crippen molar-refractivity contribution >= 4 is 46.0 Å². The number of anilines is 1. The highest BCUT2D eigenvalue weighted by Crippen LogP contribution is 2.22. The standard InChI is InChI=1S/C12H17N5O2S2/c1-2-3-8-13-11(20)15-16-12(21)14-9-6-4-5-7-10(9)17(18)19/h4-7H,2-3,8H2,1H3,(H2,13,15,20)(H2,14,16,21). The van der Waals surface area contributed by atoms with E-state index in [1.54, 1.807) is 18.2 Å². The van der Waals surface area contributed by atoms with Crippen LogP contribution in [0.2, 0.25) is 0 Å². The first-order valence-electron chi connectivity index (χ1n) is 6.39. The lowest BCUT2D eigenvalue weighted by atomic mass is 10.3. The van der Waals surface area contributed by atoms with Gasteiger partial charge >= 0.3 is 0 Å². The molecule has 9 heteroatoms. The Hall–Kier alpha value is -2.00. The maximum atomic E-state index is 10.9. The van der Waals surface area contributed by atoms with E-state index in [9.17, 15) is 10.1 Å². The van der Waals surface area contributed by atoms with Gasteiger partial charge in [0.05, 0.1) is 4.92 Å². The molecule has 7 nitrogen and oxygen atoms in total. The van der Waals surface area contributed by atoms with Crippen LogP contribution >= 0.6 is 24.4 Å². The van der Waals surface area contributed by atoms with Gasteiger partial charge < -0.3 is 10.6 Å². The van der Waals surface area contributed by atoms with Crippen LogP contribution in [-0.4, -0.2) is 21.7 Å². The highest BCUT2D eigenvalue weighted by atomic mass is 32.1. The molecule has 0 aromatic heterocycles. The first-order valence-corrected chi connectivity index (χ1v) is 7.20. The van der Waals surface area contributed by atoms with Gasteiger partial charge in [0.15, 0.2) is 10.2 Å². The number of hydrazine groups is 1. The maximum absolute atomic E-state index is 10.9.